The zero-order valence-electron chi connectivity index (χ0n) is 15.0. The van der Waals surface area contributed by atoms with Gasteiger partial charge in [0.05, 0.1) is 13.7 Å². The van der Waals surface area contributed by atoms with Gasteiger partial charge in [0.2, 0.25) is 0 Å². The van der Waals surface area contributed by atoms with Crippen LogP contribution in [-0.4, -0.2) is 43.3 Å². The molecule has 5 nitrogen and oxygen atoms in total. The molecule has 1 aliphatic heterocycles. The first-order valence-electron chi connectivity index (χ1n) is 8.95. The van der Waals surface area contributed by atoms with Crippen LogP contribution in [0, 0.1) is 0 Å². The molecule has 0 bridgehead atoms. The number of aromatic nitrogens is 1. The summed E-state index contributed by atoms with van der Waals surface area (Å²) >= 11 is 0. The lowest BCUT2D eigenvalue weighted by Crippen LogP contribution is -2.45. The molecule has 3 aromatic rings. The van der Waals surface area contributed by atoms with Crippen molar-refractivity contribution in [1.29, 1.82) is 0 Å². The van der Waals surface area contributed by atoms with Crippen molar-refractivity contribution in [3.63, 3.8) is 0 Å². The third-order valence-corrected chi connectivity index (χ3v) is 4.81. The van der Waals surface area contributed by atoms with Gasteiger partial charge >= 0.3 is 0 Å². The van der Waals surface area contributed by atoms with Gasteiger partial charge in [0, 0.05) is 43.5 Å². The van der Waals surface area contributed by atoms with E-state index in [-0.39, 0.29) is 0 Å². The minimum Gasteiger partial charge on any atom is -0.496 e. The second-order valence-corrected chi connectivity index (χ2v) is 6.48. The van der Waals surface area contributed by atoms with E-state index < -0.39 is 0 Å². The van der Waals surface area contributed by atoms with E-state index >= 15 is 0 Å². The molecule has 0 amide bonds. The van der Waals surface area contributed by atoms with Gasteiger partial charge in [-0.2, -0.15) is 0 Å². The average molecular weight is 349 g/mol. The van der Waals surface area contributed by atoms with Crippen LogP contribution in [0.4, 0.5) is 5.69 Å². The molecule has 1 aliphatic rings. The number of ether oxygens (including phenoxy) is 1. The molecular formula is C21H23N3O2. The number of methoxy groups -OCH3 is 1. The fourth-order valence-corrected chi connectivity index (χ4v) is 3.39. The van der Waals surface area contributed by atoms with E-state index in [9.17, 15) is 0 Å². The molecule has 0 aliphatic carbocycles. The van der Waals surface area contributed by atoms with Crippen LogP contribution in [0.25, 0.3) is 11.3 Å². The predicted octanol–water partition coefficient (Wildman–Crippen LogP) is 3.67. The van der Waals surface area contributed by atoms with Crippen LogP contribution >= 0.6 is 0 Å². The molecule has 134 valence electrons. The smallest absolute Gasteiger partial charge is 0.151 e. The summed E-state index contributed by atoms with van der Waals surface area (Å²) in [7, 11) is 1.67. The third-order valence-electron chi connectivity index (χ3n) is 4.81. The quantitative estimate of drug-likeness (QED) is 0.703. The highest BCUT2D eigenvalue weighted by Gasteiger charge is 2.19. The zero-order chi connectivity index (χ0) is 17.8. The molecule has 0 unspecified atom stereocenters. The van der Waals surface area contributed by atoms with E-state index in [2.05, 4.69) is 45.3 Å². The molecule has 1 aromatic heterocycles. The zero-order valence-corrected chi connectivity index (χ0v) is 15.0. The Morgan fingerprint density at radius 2 is 1.69 bits per heavy atom. The summed E-state index contributed by atoms with van der Waals surface area (Å²) in [5, 5.41) is 4.23. The van der Waals surface area contributed by atoms with E-state index in [0.29, 0.717) is 0 Å². The number of piperazine rings is 1. The fourth-order valence-electron chi connectivity index (χ4n) is 3.39. The van der Waals surface area contributed by atoms with Gasteiger partial charge in [0.15, 0.2) is 5.76 Å². The maximum atomic E-state index is 5.57. The molecule has 0 radical (unpaired) electrons. The SMILES string of the molecule is COc1ccccc1-c1cc(CN2CCN(c3ccccc3)CC2)on1. The first-order chi connectivity index (χ1) is 12.8. The van der Waals surface area contributed by atoms with Crippen LogP contribution in [0.15, 0.2) is 65.2 Å². The summed E-state index contributed by atoms with van der Waals surface area (Å²) in [6, 6.07) is 20.5. The van der Waals surface area contributed by atoms with E-state index in [1.54, 1.807) is 7.11 Å². The van der Waals surface area contributed by atoms with Crippen LogP contribution in [0.3, 0.4) is 0 Å². The fraction of sp³-hybridized carbons (Fsp3) is 0.286. The van der Waals surface area contributed by atoms with Crippen molar-refractivity contribution in [3.05, 3.63) is 66.4 Å². The maximum Gasteiger partial charge on any atom is 0.151 e. The second kappa shape index (κ2) is 7.62. The number of anilines is 1. The summed E-state index contributed by atoms with van der Waals surface area (Å²) in [6.45, 7) is 4.86. The number of nitrogens with zero attached hydrogens (tertiary/aromatic N) is 3. The number of hydrogen-bond acceptors (Lipinski definition) is 5. The van der Waals surface area contributed by atoms with Crippen molar-refractivity contribution in [3.8, 4) is 17.0 Å². The van der Waals surface area contributed by atoms with Crippen molar-refractivity contribution in [2.24, 2.45) is 0 Å². The molecule has 1 saturated heterocycles. The Bertz CT molecular complexity index is 839. The van der Waals surface area contributed by atoms with Crippen LogP contribution < -0.4 is 9.64 Å². The highest BCUT2D eigenvalue weighted by Crippen LogP contribution is 2.29. The van der Waals surface area contributed by atoms with E-state index in [4.69, 9.17) is 9.26 Å². The monoisotopic (exact) mass is 349 g/mol. The van der Waals surface area contributed by atoms with Gasteiger partial charge in [-0.05, 0) is 24.3 Å². The number of rotatable bonds is 5. The van der Waals surface area contributed by atoms with Crippen molar-refractivity contribution < 1.29 is 9.26 Å². The first-order valence-corrected chi connectivity index (χ1v) is 8.95. The Morgan fingerprint density at radius 1 is 0.962 bits per heavy atom. The Hall–Kier alpha value is -2.79. The van der Waals surface area contributed by atoms with E-state index in [1.165, 1.54) is 5.69 Å². The van der Waals surface area contributed by atoms with Gasteiger partial charge in [0.25, 0.3) is 0 Å². The van der Waals surface area contributed by atoms with Crippen molar-refractivity contribution >= 4 is 5.69 Å². The van der Waals surface area contributed by atoms with Crippen LogP contribution in [0.1, 0.15) is 5.76 Å². The number of para-hydroxylation sites is 2. The third kappa shape index (κ3) is 3.58. The van der Waals surface area contributed by atoms with Crippen LogP contribution in [0.5, 0.6) is 5.75 Å². The molecular weight excluding hydrogens is 326 g/mol. The maximum absolute atomic E-state index is 5.57. The summed E-state index contributed by atoms with van der Waals surface area (Å²) in [4.78, 5) is 4.84. The normalized spacial score (nSPS) is 15.2. The lowest BCUT2D eigenvalue weighted by Gasteiger charge is -2.35. The predicted molar refractivity (Wildman–Crippen MR) is 102 cm³/mol. The molecule has 1 fully saturated rings. The van der Waals surface area contributed by atoms with Crippen molar-refractivity contribution in [2.75, 3.05) is 38.2 Å². The Balaban J connectivity index is 1.38. The summed E-state index contributed by atoms with van der Waals surface area (Å²) in [6.07, 6.45) is 0. The molecule has 0 spiro atoms. The molecule has 2 heterocycles. The Kier molecular flexibility index (Phi) is 4.88. The van der Waals surface area contributed by atoms with Gasteiger partial charge in [-0.25, -0.2) is 0 Å². The van der Waals surface area contributed by atoms with Crippen molar-refractivity contribution in [1.82, 2.24) is 10.1 Å². The Morgan fingerprint density at radius 3 is 2.46 bits per heavy atom. The van der Waals surface area contributed by atoms with Gasteiger partial charge in [-0.3, -0.25) is 4.90 Å². The van der Waals surface area contributed by atoms with Gasteiger partial charge in [-0.1, -0.05) is 35.5 Å². The van der Waals surface area contributed by atoms with Gasteiger partial charge in [0.1, 0.15) is 11.4 Å². The second-order valence-electron chi connectivity index (χ2n) is 6.48. The lowest BCUT2D eigenvalue weighted by atomic mass is 10.1. The number of benzene rings is 2. The minimum absolute atomic E-state index is 0.783. The molecule has 2 aromatic carbocycles. The first kappa shape index (κ1) is 16.7. The average Bonchev–Trinajstić information content (AvgIpc) is 3.17. The molecule has 4 rings (SSSR count). The summed E-state index contributed by atoms with van der Waals surface area (Å²) in [5.41, 5.74) is 3.07. The molecule has 0 N–H and O–H groups in total. The van der Waals surface area contributed by atoms with Crippen LogP contribution in [0.2, 0.25) is 0 Å². The van der Waals surface area contributed by atoms with Crippen LogP contribution in [-0.2, 0) is 6.54 Å². The largest absolute Gasteiger partial charge is 0.496 e. The molecule has 0 saturated carbocycles. The van der Waals surface area contributed by atoms with Gasteiger partial charge in [-0.15, -0.1) is 0 Å². The van der Waals surface area contributed by atoms with Crippen molar-refractivity contribution in [2.45, 2.75) is 6.54 Å². The van der Waals surface area contributed by atoms with E-state index in [0.717, 1.165) is 55.5 Å². The minimum atomic E-state index is 0.783. The highest BCUT2D eigenvalue weighted by molar-refractivity contribution is 5.66. The summed E-state index contributed by atoms with van der Waals surface area (Å²) < 4.78 is 11.0. The Labute approximate surface area is 153 Å². The molecule has 0 atom stereocenters. The lowest BCUT2D eigenvalue weighted by molar-refractivity contribution is 0.220. The topological polar surface area (TPSA) is 41.7 Å². The van der Waals surface area contributed by atoms with E-state index in [1.807, 2.05) is 30.3 Å². The number of hydrogen-bond donors (Lipinski definition) is 0. The molecule has 26 heavy (non-hydrogen) atoms. The highest BCUT2D eigenvalue weighted by atomic mass is 16.5. The standard InChI is InChI=1S/C21H23N3O2/c1-25-21-10-6-5-9-19(21)20-15-18(26-22-20)16-23-11-13-24(14-12-23)17-7-3-2-4-8-17/h2-10,15H,11-14,16H2,1H3. The van der Waals surface area contributed by atoms with Gasteiger partial charge < -0.3 is 14.2 Å². The summed E-state index contributed by atoms with van der Waals surface area (Å²) in [5.74, 6) is 1.70. The molecule has 5 heteroatoms.